The molecule has 0 rings (SSSR count). The molecule has 0 aromatic rings. The van der Waals surface area contributed by atoms with Gasteiger partial charge in [-0.2, -0.15) is 8.42 Å². The van der Waals surface area contributed by atoms with Gasteiger partial charge in [0.15, 0.2) is 0 Å². The predicted molar refractivity (Wildman–Crippen MR) is 23.9 cm³/mol. The summed E-state index contributed by atoms with van der Waals surface area (Å²) in [6.07, 6.45) is 0.715. The number of hydrogen-bond acceptors (Lipinski definition) is 2. The molecule has 0 amide bonds. The van der Waals surface area contributed by atoms with Crippen molar-refractivity contribution in [3.05, 3.63) is 7.43 Å². The quantitative estimate of drug-likeness (QED) is 0.318. The zero-order valence-corrected chi connectivity index (χ0v) is 5.73. The van der Waals surface area contributed by atoms with E-state index in [9.17, 15) is 8.42 Å². The van der Waals surface area contributed by atoms with Crippen molar-refractivity contribution in [3.8, 4) is 0 Å². The second-order valence-electron chi connectivity index (χ2n) is 0.733. The summed E-state index contributed by atoms with van der Waals surface area (Å²) in [7, 11) is -3.67. The minimum Gasteiger partial charge on any atom is -0.358 e. The van der Waals surface area contributed by atoms with Crippen molar-refractivity contribution in [3.63, 3.8) is 0 Å². The Hall–Kier alpha value is 0.429. The van der Waals surface area contributed by atoms with Gasteiger partial charge in [0.1, 0.15) is 0 Å². The molecule has 0 atom stereocenters. The normalized spacial score (nSPS) is 8.29. The largest absolute Gasteiger partial charge is 1.00 e. The fourth-order valence-corrected chi connectivity index (χ4v) is 0. The van der Waals surface area contributed by atoms with Crippen molar-refractivity contribution in [2.24, 2.45) is 0 Å². The minimum absolute atomic E-state index is 0. The molecule has 0 aromatic carbocycles. The Morgan fingerprint density at radius 3 is 1.43 bits per heavy atom. The molecule has 0 saturated carbocycles. The third-order valence-corrected chi connectivity index (χ3v) is 0. The van der Waals surface area contributed by atoms with Crippen molar-refractivity contribution in [2.75, 3.05) is 6.26 Å². The van der Waals surface area contributed by atoms with Crippen molar-refractivity contribution in [2.45, 2.75) is 0 Å². The second kappa shape index (κ2) is 4.59. The summed E-state index contributed by atoms with van der Waals surface area (Å²) in [5.41, 5.74) is 0. The fraction of sp³-hybridized carbons (Fsp3) is 0.500. The van der Waals surface area contributed by atoms with Gasteiger partial charge in [-0.15, -0.1) is 0 Å². The van der Waals surface area contributed by atoms with Gasteiger partial charge in [-0.25, -0.2) is 0 Å². The molecule has 5 heteroatoms. The van der Waals surface area contributed by atoms with Crippen LogP contribution in [-0.4, -0.2) is 19.2 Å². The van der Waals surface area contributed by atoms with Crippen LogP contribution in [-0.2, 0) is 27.2 Å². The maximum atomic E-state index is 9.19. The monoisotopic (exact) mass is 174 g/mol. The van der Waals surface area contributed by atoms with Gasteiger partial charge in [0.25, 0.3) is 10.1 Å². The summed E-state index contributed by atoms with van der Waals surface area (Å²) < 4.78 is 25.9. The van der Waals surface area contributed by atoms with E-state index in [1.165, 1.54) is 0 Å². The Morgan fingerprint density at radius 1 is 1.43 bits per heavy atom. The van der Waals surface area contributed by atoms with Crippen molar-refractivity contribution < 1.29 is 30.0 Å². The number of rotatable bonds is 0. The van der Waals surface area contributed by atoms with E-state index in [1.807, 2.05) is 0 Å². The van der Waals surface area contributed by atoms with Crippen LogP contribution in [0, 0.1) is 7.43 Å². The molecule has 0 bridgehead atoms. The van der Waals surface area contributed by atoms with Crippen LogP contribution in [0.5, 0.6) is 0 Å². The average Bonchev–Trinajstić information content (AvgIpc) is 0.722. The maximum absolute atomic E-state index is 9.19. The van der Waals surface area contributed by atoms with Crippen LogP contribution >= 0.6 is 0 Å². The van der Waals surface area contributed by atoms with E-state index in [1.54, 1.807) is 0 Å². The van der Waals surface area contributed by atoms with E-state index >= 15 is 0 Å². The van der Waals surface area contributed by atoms with Crippen molar-refractivity contribution in [1.82, 2.24) is 0 Å². The topological polar surface area (TPSA) is 54.4 Å². The molecule has 0 spiro atoms. The van der Waals surface area contributed by atoms with Gasteiger partial charge < -0.3 is 7.43 Å². The van der Waals surface area contributed by atoms with Gasteiger partial charge in [0, 0.05) is 0 Å². The van der Waals surface area contributed by atoms with E-state index < -0.39 is 10.1 Å². The van der Waals surface area contributed by atoms with Crippen LogP contribution in [0.1, 0.15) is 0 Å². The Labute approximate surface area is 54.3 Å². The smallest absolute Gasteiger partial charge is 0.358 e. The molecule has 0 aliphatic carbocycles. The zero-order chi connectivity index (χ0) is 4.50. The van der Waals surface area contributed by atoms with Gasteiger partial charge in [-0.3, -0.25) is 4.55 Å². The predicted octanol–water partition coefficient (Wildman–Crippen LogP) is -0.0482. The zero-order valence-electron chi connectivity index (χ0n) is 3.97. The molecule has 50 valence electrons. The SMILES string of the molecule is CS(=O)(=O)O.[CH3-].[Cu+]. The van der Waals surface area contributed by atoms with Gasteiger partial charge >= 0.3 is 17.1 Å². The van der Waals surface area contributed by atoms with Crippen molar-refractivity contribution >= 4 is 10.1 Å². The van der Waals surface area contributed by atoms with E-state index in [4.69, 9.17) is 4.55 Å². The molecule has 0 fully saturated rings. The summed E-state index contributed by atoms with van der Waals surface area (Å²) in [4.78, 5) is 0. The second-order valence-corrected chi connectivity index (χ2v) is 2.20. The van der Waals surface area contributed by atoms with Crippen LogP contribution < -0.4 is 0 Å². The van der Waals surface area contributed by atoms with Crippen LogP contribution in [0.2, 0.25) is 0 Å². The Bertz CT molecular complexity index is 96.1. The third-order valence-electron chi connectivity index (χ3n) is 0. The molecular formula is C2H7CuO3S. The third kappa shape index (κ3) is 684. The summed E-state index contributed by atoms with van der Waals surface area (Å²) in [5.74, 6) is 0. The van der Waals surface area contributed by atoms with Gasteiger partial charge in [0.05, 0.1) is 6.26 Å². The molecule has 0 heterocycles. The minimum atomic E-state index is -3.67. The molecule has 0 unspecified atom stereocenters. The van der Waals surface area contributed by atoms with E-state index in [0.717, 1.165) is 0 Å². The van der Waals surface area contributed by atoms with Crippen LogP contribution in [0.25, 0.3) is 0 Å². The summed E-state index contributed by atoms with van der Waals surface area (Å²) in [6.45, 7) is 0. The molecule has 0 aliphatic rings. The summed E-state index contributed by atoms with van der Waals surface area (Å²) in [6, 6.07) is 0. The maximum Gasteiger partial charge on any atom is 1.00 e. The first kappa shape index (κ1) is 15.7. The van der Waals surface area contributed by atoms with Gasteiger partial charge in [-0.1, -0.05) is 0 Å². The van der Waals surface area contributed by atoms with Gasteiger partial charge in [0.2, 0.25) is 0 Å². The molecule has 1 N–H and O–H groups in total. The van der Waals surface area contributed by atoms with Crippen LogP contribution in [0.15, 0.2) is 0 Å². The van der Waals surface area contributed by atoms with Gasteiger partial charge in [-0.05, 0) is 0 Å². The molecule has 0 radical (unpaired) electrons. The van der Waals surface area contributed by atoms with Crippen LogP contribution in [0.3, 0.4) is 0 Å². The number of hydrogen-bond donors (Lipinski definition) is 1. The fourth-order valence-electron chi connectivity index (χ4n) is 0. The first-order valence-electron chi connectivity index (χ1n) is 0.924. The van der Waals surface area contributed by atoms with Crippen LogP contribution in [0.4, 0.5) is 0 Å². The van der Waals surface area contributed by atoms with Crippen molar-refractivity contribution in [1.29, 1.82) is 0 Å². The Balaban J connectivity index is -0.0000000800. The Morgan fingerprint density at radius 2 is 1.43 bits per heavy atom. The molecule has 0 aliphatic heterocycles. The first-order valence-corrected chi connectivity index (χ1v) is 2.77. The first-order chi connectivity index (χ1) is 2.00. The van der Waals surface area contributed by atoms with E-state index in [-0.39, 0.29) is 24.5 Å². The average molecular weight is 175 g/mol. The molecule has 7 heavy (non-hydrogen) atoms. The summed E-state index contributed by atoms with van der Waals surface area (Å²) in [5, 5.41) is 0. The Kier molecular flexibility index (Phi) is 10.3. The van der Waals surface area contributed by atoms with E-state index in [0.29, 0.717) is 6.26 Å². The molecular weight excluding hydrogens is 168 g/mol. The van der Waals surface area contributed by atoms with E-state index in [2.05, 4.69) is 0 Å². The molecule has 0 aromatic heterocycles. The summed E-state index contributed by atoms with van der Waals surface area (Å²) >= 11 is 0. The molecule has 0 saturated heterocycles. The standard InChI is InChI=1S/CH4O3S.CH3.Cu/c1-5(2,3)4;;/h1H3,(H,2,3,4);1H3;/q;-1;+1. The molecule has 3 nitrogen and oxygen atoms in total.